The molecule has 0 fully saturated rings. The number of methoxy groups -OCH3 is 1. The third kappa shape index (κ3) is 4.41. The number of hydrogen-bond acceptors (Lipinski definition) is 3. The number of halogens is 5. The molecule has 0 aliphatic heterocycles. The molecule has 4 nitrogen and oxygen atoms in total. The number of benzene rings is 1. The minimum Gasteiger partial charge on any atom is -0.434 e. The predicted octanol–water partition coefficient (Wildman–Crippen LogP) is 3.82. The molecule has 0 saturated heterocycles. The Hall–Kier alpha value is -2.16. The van der Waals surface area contributed by atoms with E-state index in [1.165, 1.54) is 24.2 Å². The Morgan fingerprint density at radius 2 is 2.00 bits per heavy atom. The lowest BCUT2D eigenvalue weighted by atomic mass is 10.1. The molecule has 23 heavy (non-hydrogen) atoms. The van der Waals surface area contributed by atoms with Gasteiger partial charge in [0.2, 0.25) is 0 Å². The van der Waals surface area contributed by atoms with Crippen molar-refractivity contribution in [2.45, 2.75) is 19.3 Å². The fraction of sp³-hybridized carbons (Fsp3) is 0.357. The molecule has 0 atom stereocenters. The first-order valence-corrected chi connectivity index (χ1v) is 6.49. The van der Waals surface area contributed by atoms with Crippen LogP contribution in [0.15, 0.2) is 30.6 Å². The fourth-order valence-corrected chi connectivity index (χ4v) is 1.94. The van der Waals surface area contributed by atoms with Gasteiger partial charge in [-0.1, -0.05) is 0 Å². The topological polar surface area (TPSA) is 36.3 Å². The van der Waals surface area contributed by atoms with Crippen LogP contribution >= 0.6 is 0 Å². The van der Waals surface area contributed by atoms with Gasteiger partial charge in [-0.15, -0.1) is 0 Å². The summed E-state index contributed by atoms with van der Waals surface area (Å²) in [5.41, 5.74) is -0.601. The van der Waals surface area contributed by atoms with Crippen LogP contribution in [0.2, 0.25) is 0 Å². The van der Waals surface area contributed by atoms with Crippen LogP contribution in [0, 0.1) is 0 Å². The maximum Gasteiger partial charge on any atom is 0.416 e. The molecule has 0 spiro atoms. The molecular weight excluding hydrogens is 323 g/mol. The normalized spacial score (nSPS) is 12.0. The van der Waals surface area contributed by atoms with E-state index >= 15 is 0 Å². The van der Waals surface area contributed by atoms with Crippen molar-refractivity contribution in [2.24, 2.45) is 0 Å². The number of hydrogen-bond donors (Lipinski definition) is 0. The third-order valence-electron chi connectivity index (χ3n) is 2.99. The number of aromatic nitrogens is 2. The standard InChI is InChI=1S/C14H13F5N2O2/c1-22-5-4-21-8-9(7-20-21)11-3-2-10(14(17,18)19)6-12(11)23-13(15)16/h2-3,6-8,13H,4-5H2,1H3. The number of rotatable bonds is 6. The van der Waals surface area contributed by atoms with Crippen LogP contribution < -0.4 is 4.74 Å². The maximum absolute atomic E-state index is 12.7. The second kappa shape index (κ2) is 6.95. The van der Waals surface area contributed by atoms with Gasteiger partial charge in [0.1, 0.15) is 5.75 Å². The monoisotopic (exact) mass is 336 g/mol. The van der Waals surface area contributed by atoms with Crippen molar-refractivity contribution in [1.82, 2.24) is 9.78 Å². The first-order valence-electron chi connectivity index (χ1n) is 6.49. The maximum atomic E-state index is 12.7. The number of alkyl halides is 5. The molecule has 9 heteroatoms. The Morgan fingerprint density at radius 3 is 2.61 bits per heavy atom. The zero-order chi connectivity index (χ0) is 17.0. The molecular formula is C14H13F5N2O2. The molecule has 0 radical (unpaired) electrons. The van der Waals surface area contributed by atoms with Crippen molar-refractivity contribution < 1.29 is 31.4 Å². The van der Waals surface area contributed by atoms with Gasteiger partial charge in [-0.05, 0) is 18.2 Å². The molecule has 0 bridgehead atoms. The summed E-state index contributed by atoms with van der Waals surface area (Å²) in [5.74, 6) is -0.555. The van der Waals surface area contributed by atoms with Crippen LogP contribution in [-0.4, -0.2) is 30.1 Å². The first kappa shape index (κ1) is 17.2. The van der Waals surface area contributed by atoms with Crippen molar-refractivity contribution in [3.8, 4) is 16.9 Å². The molecule has 0 amide bonds. The smallest absolute Gasteiger partial charge is 0.416 e. The van der Waals surface area contributed by atoms with E-state index in [1.54, 1.807) is 0 Å². The second-order valence-electron chi connectivity index (χ2n) is 4.57. The summed E-state index contributed by atoms with van der Waals surface area (Å²) in [6, 6.07) is 2.44. The molecule has 2 aromatic rings. The van der Waals surface area contributed by atoms with Crippen LogP contribution in [-0.2, 0) is 17.5 Å². The Balaban J connectivity index is 2.38. The lowest BCUT2D eigenvalue weighted by Crippen LogP contribution is -2.08. The van der Waals surface area contributed by atoms with Crippen LogP contribution in [0.1, 0.15) is 5.56 Å². The zero-order valence-corrected chi connectivity index (χ0v) is 12.0. The zero-order valence-electron chi connectivity index (χ0n) is 12.0. The van der Waals surface area contributed by atoms with Gasteiger partial charge in [-0.25, -0.2) is 0 Å². The first-order chi connectivity index (χ1) is 10.8. The van der Waals surface area contributed by atoms with E-state index in [4.69, 9.17) is 4.74 Å². The van der Waals surface area contributed by atoms with Gasteiger partial charge in [-0.2, -0.15) is 27.1 Å². The van der Waals surface area contributed by atoms with E-state index in [2.05, 4.69) is 9.84 Å². The Kier molecular flexibility index (Phi) is 5.19. The van der Waals surface area contributed by atoms with Gasteiger partial charge in [0.25, 0.3) is 0 Å². The minimum atomic E-state index is -4.65. The molecule has 0 N–H and O–H groups in total. The van der Waals surface area contributed by atoms with Crippen molar-refractivity contribution in [2.75, 3.05) is 13.7 Å². The summed E-state index contributed by atoms with van der Waals surface area (Å²) in [6.07, 6.45) is -1.78. The summed E-state index contributed by atoms with van der Waals surface area (Å²) in [5, 5.41) is 3.99. The number of ether oxygens (including phenoxy) is 2. The summed E-state index contributed by atoms with van der Waals surface area (Å²) < 4.78 is 73.7. The lowest BCUT2D eigenvalue weighted by Gasteiger charge is -2.13. The van der Waals surface area contributed by atoms with E-state index < -0.39 is 24.1 Å². The highest BCUT2D eigenvalue weighted by Crippen LogP contribution is 2.37. The second-order valence-corrected chi connectivity index (χ2v) is 4.57. The van der Waals surface area contributed by atoms with Gasteiger partial charge >= 0.3 is 12.8 Å². The van der Waals surface area contributed by atoms with Crippen molar-refractivity contribution in [1.29, 1.82) is 0 Å². The molecule has 126 valence electrons. The average Bonchev–Trinajstić information content (AvgIpc) is 2.92. The Labute approximate surface area is 128 Å². The van der Waals surface area contributed by atoms with Crippen LogP contribution in [0.3, 0.4) is 0 Å². The highest BCUT2D eigenvalue weighted by Gasteiger charge is 2.31. The summed E-state index contributed by atoms with van der Waals surface area (Å²) in [4.78, 5) is 0. The molecule has 0 saturated carbocycles. The van der Waals surface area contributed by atoms with E-state index in [0.717, 1.165) is 12.1 Å². The van der Waals surface area contributed by atoms with Crippen molar-refractivity contribution in [3.63, 3.8) is 0 Å². The molecule has 0 aliphatic rings. The number of nitrogens with zero attached hydrogens (tertiary/aromatic N) is 2. The predicted molar refractivity (Wildman–Crippen MR) is 71.2 cm³/mol. The summed E-state index contributed by atoms with van der Waals surface area (Å²) >= 11 is 0. The molecule has 1 aromatic carbocycles. The Morgan fingerprint density at radius 1 is 1.26 bits per heavy atom. The van der Waals surface area contributed by atoms with E-state index in [9.17, 15) is 22.0 Å². The third-order valence-corrected chi connectivity index (χ3v) is 2.99. The minimum absolute atomic E-state index is 0.0990. The molecule has 0 aliphatic carbocycles. The van der Waals surface area contributed by atoms with Crippen LogP contribution in [0.5, 0.6) is 5.75 Å². The van der Waals surface area contributed by atoms with Crippen LogP contribution in [0.4, 0.5) is 22.0 Å². The average molecular weight is 336 g/mol. The van der Waals surface area contributed by atoms with Crippen molar-refractivity contribution in [3.05, 3.63) is 36.2 Å². The summed E-state index contributed by atoms with van der Waals surface area (Å²) in [6.45, 7) is -2.43. The van der Waals surface area contributed by atoms with Gasteiger partial charge in [0.05, 0.1) is 24.9 Å². The quantitative estimate of drug-likeness (QED) is 0.753. The van der Waals surface area contributed by atoms with Gasteiger partial charge < -0.3 is 9.47 Å². The molecule has 0 unspecified atom stereocenters. The van der Waals surface area contributed by atoms with E-state index in [-0.39, 0.29) is 5.56 Å². The molecule has 1 heterocycles. The molecule has 1 aromatic heterocycles. The fourth-order valence-electron chi connectivity index (χ4n) is 1.94. The molecule has 2 rings (SSSR count). The Bertz CT molecular complexity index is 655. The van der Waals surface area contributed by atoms with Gasteiger partial charge in [-0.3, -0.25) is 4.68 Å². The highest BCUT2D eigenvalue weighted by molar-refractivity contribution is 5.70. The van der Waals surface area contributed by atoms with E-state index in [0.29, 0.717) is 24.8 Å². The van der Waals surface area contributed by atoms with Gasteiger partial charge in [0, 0.05) is 24.4 Å². The largest absolute Gasteiger partial charge is 0.434 e. The summed E-state index contributed by atoms with van der Waals surface area (Å²) in [7, 11) is 1.51. The van der Waals surface area contributed by atoms with Gasteiger partial charge in [0.15, 0.2) is 0 Å². The van der Waals surface area contributed by atoms with Crippen molar-refractivity contribution >= 4 is 0 Å². The highest BCUT2D eigenvalue weighted by atomic mass is 19.4. The van der Waals surface area contributed by atoms with E-state index in [1.807, 2.05) is 0 Å². The van der Waals surface area contributed by atoms with Crippen LogP contribution in [0.25, 0.3) is 11.1 Å². The lowest BCUT2D eigenvalue weighted by molar-refractivity contribution is -0.138. The SMILES string of the molecule is COCCn1cc(-c2ccc(C(F)(F)F)cc2OC(F)F)cn1.